The lowest BCUT2D eigenvalue weighted by molar-refractivity contribution is -0.253. The van der Waals surface area contributed by atoms with Crippen molar-refractivity contribution in [1.29, 1.82) is 0 Å². The Morgan fingerprint density at radius 1 is 0.759 bits per heavy atom. The SMILES string of the molecule is CCCCCCCCCCCCCCCC(C)C1(OC2C[C@H](O)[C@@H](CO)O2)CC[C@]2(C)C3CC[C@@]4(C)C(CC[C@@H]4[C@H](C)CCC)C3CCC2(P(=O)(O)O)C1. The molecule has 0 radical (unpaired) electrons. The minimum atomic E-state index is -4.57. The van der Waals surface area contributed by atoms with E-state index in [1.807, 2.05) is 0 Å². The monoisotopic (exact) mass is 781 g/mol. The van der Waals surface area contributed by atoms with Crippen LogP contribution in [0, 0.1) is 46.3 Å². The first-order valence-electron chi connectivity index (χ1n) is 23.4. The Bertz CT molecular complexity index is 1190. The molecule has 1 aliphatic heterocycles. The number of rotatable bonds is 22. The van der Waals surface area contributed by atoms with Gasteiger partial charge in [0.1, 0.15) is 6.10 Å². The van der Waals surface area contributed by atoms with Crippen LogP contribution in [0.5, 0.6) is 0 Å². The van der Waals surface area contributed by atoms with Crippen LogP contribution >= 0.6 is 7.60 Å². The molecule has 1 saturated heterocycles. The minimum Gasteiger partial charge on any atom is -0.394 e. The third-order valence-corrected chi connectivity index (χ3v) is 19.3. The van der Waals surface area contributed by atoms with Gasteiger partial charge in [-0.1, -0.05) is 138 Å². The summed E-state index contributed by atoms with van der Waals surface area (Å²) in [5, 5.41) is 19.4. The number of ether oxygens (including phenoxy) is 2. The fourth-order valence-corrected chi connectivity index (χ4v) is 15.9. The number of unbranched alkanes of at least 4 members (excludes halogenated alkanes) is 12. The van der Waals surface area contributed by atoms with E-state index >= 15 is 0 Å². The highest BCUT2D eigenvalue weighted by atomic mass is 31.2. The van der Waals surface area contributed by atoms with Crippen LogP contribution in [-0.4, -0.2) is 55.9 Å². The fourth-order valence-electron chi connectivity index (χ4n) is 14.1. The second-order valence-corrected chi connectivity index (χ2v) is 22.2. The normalized spacial score (nSPS) is 40.6. The molecule has 5 rings (SSSR count). The summed E-state index contributed by atoms with van der Waals surface area (Å²) in [7, 11) is -4.57. The number of hydrogen-bond acceptors (Lipinski definition) is 5. The van der Waals surface area contributed by atoms with Gasteiger partial charge < -0.3 is 29.5 Å². The average molecular weight is 781 g/mol. The van der Waals surface area contributed by atoms with Gasteiger partial charge >= 0.3 is 7.60 Å². The predicted molar refractivity (Wildman–Crippen MR) is 220 cm³/mol. The van der Waals surface area contributed by atoms with Crippen molar-refractivity contribution in [2.75, 3.05) is 6.61 Å². The van der Waals surface area contributed by atoms with Crippen LogP contribution in [0.25, 0.3) is 0 Å². The quantitative estimate of drug-likeness (QED) is 0.0638. The van der Waals surface area contributed by atoms with Gasteiger partial charge in [0.2, 0.25) is 0 Å². The molecule has 7 nitrogen and oxygen atoms in total. The summed E-state index contributed by atoms with van der Waals surface area (Å²) in [6.45, 7) is 13.9. The molecule has 0 spiro atoms. The Morgan fingerprint density at radius 2 is 1.39 bits per heavy atom. The summed E-state index contributed by atoms with van der Waals surface area (Å²) in [6.07, 6.45) is 26.7. The smallest absolute Gasteiger partial charge is 0.332 e. The zero-order chi connectivity index (χ0) is 39.2. The minimum absolute atomic E-state index is 0.0927. The molecule has 4 aliphatic carbocycles. The van der Waals surface area contributed by atoms with E-state index in [1.54, 1.807) is 0 Å². The summed E-state index contributed by atoms with van der Waals surface area (Å²) in [4.78, 5) is 23.3. The van der Waals surface area contributed by atoms with Crippen molar-refractivity contribution in [2.24, 2.45) is 46.3 Å². The number of aliphatic hydroxyl groups is 2. The van der Waals surface area contributed by atoms with Gasteiger partial charge in [-0.3, -0.25) is 4.57 Å². The third-order valence-electron chi connectivity index (χ3n) is 17.3. The standard InChI is InChI=1S/C46H85O7P/c1-7-9-10-11-12-13-14-15-16-17-18-19-20-22-35(4)45(53-42-31-40(48)41(32-47)52-42)30-29-44(6)39-26-27-43(5)37(34(3)21-8-2)23-24-38(43)36(39)25-28-46(44,33-45)54(49,50)51/h34-42,47-48H,7-33H2,1-6H3,(H2,49,50,51)/t34-,35?,36?,37-,38?,39?,40+,41-,42?,43-,44-,45?,46?/m1/s1. The molecule has 0 bridgehead atoms. The molecular formula is C46H85O7P. The molecule has 1 heterocycles. The van der Waals surface area contributed by atoms with E-state index in [2.05, 4.69) is 41.5 Å². The topological polar surface area (TPSA) is 116 Å². The number of fused-ring (bicyclic) bond motifs is 5. The van der Waals surface area contributed by atoms with Crippen molar-refractivity contribution in [2.45, 2.75) is 238 Å². The summed E-state index contributed by atoms with van der Waals surface area (Å²) in [6, 6.07) is 0. The van der Waals surface area contributed by atoms with Crippen molar-refractivity contribution in [3.8, 4) is 0 Å². The van der Waals surface area contributed by atoms with Gasteiger partial charge in [-0.15, -0.1) is 0 Å². The first-order valence-corrected chi connectivity index (χ1v) is 25.0. The average Bonchev–Trinajstić information content (AvgIpc) is 3.67. The van der Waals surface area contributed by atoms with Crippen LogP contribution in [0.4, 0.5) is 0 Å². The summed E-state index contributed by atoms with van der Waals surface area (Å²) in [5.41, 5.74) is -0.881. The Morgan fingerprint density at radius 3 is 1.96 bits per heavy atom. The lowest BCUT2D eigenvalue weighted by atomic mass is 9.42. The number of aliphatic hydroxyl groups excluding tert-OH is 2. The van der Waals surface area contributed by atoms with Gasteiger partial charge in [0.15, 0.2) is 6.29 Å². The molecule has 5 fully saturated rings. The van der Waals surface area contributed by atoms with Crippen molar-refractivity contribution in [3.63, 3.8) is 0 Å². The molecule has 4 saturated carbocycles. The molecule has 4 N–H and O–H groups in total. The van der Waals surface area contributed by atoms with Crippen LogP contribution in [0.15, 0.2) is 0 Å². The lowest BCUT2D eigenvalue weighted by Gasteiger charge is -2.67. The molecule has 0 amide bonds. The van der Waals surface area contributed by atoms with Crippen LogP contribution < -0.4 is 0 Å². The van der Waals surface area contributed by atoms with E-state index in [0.717, 1.165) is 50.4 Å². The highest BCUT2D eigenvalue weighted by Gasteiger charge is 2.72. The number of hydrogen-bond donors (Lipinski definition) is 4. The molecule has 7 unspecified atom stereocenters. The van der Waals surface area contributed by atoms with Crippen molar-refractivity contribution in [3.05, 3.63) is 0 Å². The van der Waals surface area contributed by atoms with Crippen LogP contribution in [-0.2, 0) is 14.0 Å². The molecule has 0 aromatic heterocycles. The van der Waals surface area contributed by atoms with Crippen molar-refractivity contribution >= 4 is 7.60 Å². The molecule has 8 heteroatoms. The van der Waals surface area contributed by atoms with Crippen molar-refractivity contribution in [1.82, 2.24) is 0 Å². The molecule has 0 aromatic carbocycles. The van der Waals surface area contributed by atoms with E-state index in [0.29, 0.717) is 36.0 Å². The van der Waals surface area contributed by atoms with Crippen LogP contribution in [0.3, 0.4) is 0 Å². The molecule has 0 aromatic rings. The summed E-state index contributed by atoms with van der Waals surface area (Å²) in [5.74, 6) is 3.08. The van der Waals surface area contributed by atoms with Crippen LogP contribution in [0.2, 0.25) is 0 Å². The summed E-state index contributed by atoms with van der Waals surface area (Å²) >= 11 is 0. The Labute approximate surface area is 331 Å². The zero-order valence-electron chi connectivity index (χ0n) is 35.7. The largest absolute Gasteiger partial charge is 0.394 e. The highest BCUT2D eigenvalue weighted by molar-refractivity contribution is 7.53. The van der Waals surface area contributed by atoms with E-state index in [1.165, 1.54) is 109 Å². The van der Waals surface area contributed by atoms with Crippen molar-refractivity contribution < 1.29 is 34.0 Å². The van der Waals surface area contributed by atoms with E-state index in [-0.39, 0.29) is 18.9 Å². The van der Waals surface area contributed by atoms with Gasteiger partial charge in [0.05, 0.1) is 23.5 Å². The van der Waals surface area contributed by atoms with Gasteiger partial charge in [0.25, 0.3) is 0 Å². The Balaban J connectivity index is 1.27. The fraction of sp³-hybridized carbons (Fsp3) is 1.00. The van der Waals surface area contributed by atoms with Gasteiger partial charge in [-0.25, -0.2) is 0 Å². The summed E-state index contributed by atoms with van der Waals surface area (Å²) < 4.78 is 27.4. The maximum Gasteiger partial charge on any atom is 0.332 e. The maximum absolute atomic E-state index is 14.2. The Hall–Kier alpha value is -0.0100. The second-order valence-electron chi connectivity index (χ2n) is 20.3. The van der Waals surface area contributed by atoms with E-state index in [9.17, 15) is 24.6 Å². The van der Waals surface area contributed by atoms with Gasteiger partial charge in [-0.2, -0.15) is 0 Å². The zero-order valence-corrected chi connectivity index (χ0v) is 36.6. The maximum atomic E-state index is 14.2. The molecule has 5 aliphatic rings. The third kappa shape index (κ3) is 9.23. The molecule has 316 valence electrons. The molecule has 13 atom stereocenters. The molecule has 54 heavy (non-hydrogen) atoms. The van der Waals surface area contributed by atoms with E-state index < -0.39 is 42.3 Å². The molecular weight excluding hydrogens is 695 g/mol. The second kappa shape index (κ2) is 19.4. The van der Waals surface area contributed by atoms with Gasteiger partial charge in [-0.05, 0) is 111 Å². The predicted octanol–water partition coefficient (Wildman–Crippen LogP) is 11.7. The highest BCUT2D eigenvalue weighted by Crippen LogP contribution is 2.78. The first-order chi connectivity index (χ1) is 25.7. The van der Waals surface area contributed by atoms with E-state index in [4.69, 9.17) is 9.47 Å². The Kier molecular flexibility index (Phi) is 16.2. The first kappa shape index (κ1) is 45.1. The van der Waals surface area contributed by atoms with Gasteiger partial charge in [0, 0.05) is 6.42 Å². The lowest BCUT2D eigenvalue weighted by Crippen LogP contribution is -2.66. The van der Waals surface area contributed by atoms with Crippen LogP contribution in [0.1, 0.15) is 208 Å².